The van der Waals surface area contributed by atoms with Crippen molar-refractivity contribution >= 4 is 0 Å². The molecule has 2 atom stereocenters. The molecule has 0 bridgehead atoms. The Morgan fingerprint density at radius 2 is 1.70 bits per heavy atom. The fraction of sp³-hybridized carbons (Fsp3) is 0.667. The van der Waals surface area contributed by atoms with E-state index in [1.165, 1.54) is 16.7 Å². The predicted octanol–water partition coefficient (Wildman–Crippen LogP) is 4.03. The molecule has 114 valence electrons. The molecule has 1 N–H and O–H groups in total. The summed E-state index contributed by atoms with van der Waals surface area (Å²) in [7, 11) is 0. The minimum atomic E-state index is -0.109. The van der Waals surface area contributed by atoms with Crippen molar-refractivity contribution in [2.24, 2.45) is 0 Å². The normalized spacial score (nSPS) is 15.9. The Balaban J connectivity index is 2.95. The topological polar surface area (TPSA) is 21.3 Å². The van der Waals surface area contributed by atoms with Crippen LogP contribution in [0.25, 0.3) is 0 Å². The molecule has 20 heavy (non-hydrogen) atoms. The Bertz CT molecular complexity index is 396. The summed E-state index contributed by atoms with van der Waals surface area (Å²) in [5.41, 5.74) is 3.96. The fourth-order valence-electron chi connectivity index (χ4n) is 2.95. The summed E-state index contributed by atoms with van der Waals surface area (Å²) in [5.74, 6) is 0. The van der Waals surface area contributed by atoms with Gasteiger partial charge < -0.3 is 10.1 Å². The van der Waals surface area contributed by atoms with Gasteiger partial charge in [0.1, 0.15) is 0 Å². The molecule has 2 nitrogen and oxygen atoms in total. The highest BCUT2D eigenvalue weighted by Crippen LogP contribution is 2.24. The van der Waals surface area contributed by atoms with E-state index in [1.54, 1.807) is 0 Å². The highest BCUT2D eigenvalue weighted by Gasteiger charge is 2.32. The Morgan fingerprint density at radius 1 is 1.10 bits per heavy atom. The van der Waals surface area contributed by atoms with Gasteiger partial charge in [-0.15, -0.1) is 0 Å². The molecule has 0 amide bonds. The van der Waals surface area contributed by atoms with Gasteiger partial charge in [0.2, 0.25) is 0 Å². The van der Waals surface area contributed by atoms with Gasteiger partial charge >= 0.3 is 0 Å². The Morgan fingerprint density at radius 3 is 2.15 bits per heavy atom. The van der Waals surface area contributed by atoms with Crippen LogP contribution in [-0.4, -0.2) is 24.8 Å². The average molecular weight is 277 g/mol. The maximum Gasteiger partial charge on any atom is 0.0807 e. The van der Waals surface area contributed by atoms with Gasteiger partial charge in [-0.05, 0) is 52.6 Å². The molecule has 1 aromatic carbocycles. The van der Waals surface area contributed by atoms with Gasteiger partial charge in [-0.25, -0.2) is 0 Å². The van der Waals surface area contributed by atoms with Crippen LogP contribution in [0.5, 0.6) is 0 Å². The first kappa shape index (κ1) is 17.2. The molecular weight excluding hydrogens is 246 g/mol. The summed E-state index contributed by atoms with van der Waals surface area (Å²) >= 11 is 0. The van der Waals surface area contributed by atoms with Crippen LogP contribution in [-0.2, 0) is 11.2 Å². The van der Waals surface area contributed by atoms with Crippen LogP contribution in [0.4, 0.5) is 0 Å². The fourth-order valence-corrected chi connectivity index (χ4v) is 2.95. The Hall–Kier alpha value is -0.860. The molecule has 0 aromatic heterocycles. The van der Waals surface area contributed by atoms with E-state index in [0.717, 1.165) is 26.0 Å². The summed E-state index contributed by atoms with van der Waals surface area (Å²) in [4.78, 5) is 0. The van der Waals surface area contributed by atoms with Crippen molar-refractivity contribution in [3.8, 4) is 0 Å². The van der Waals surface area contributed by atoms with Crippen molar-refractivity contribution in [1.29, 1.82) is 0 Å². The quantitative estimate of drug-likeness (QED) is 0.774. The van der Waals surface area contributed by atoms with Crippen molar-refractivity contribution < 1.29 is 4.74 Å². The smallest absolute Gasteiger partial charge is 0.0807 e. The number of hydrogen-bond acceptors (Lipinski definition) is 2. The zero-order chi connectivity index (χ0) is 15.2. The summed E-state index contributed by atoms with van der Waals surface area (Å²) < 4.78 is 6.06. The molecule has 0 radical (unpaired) electrons. The van der Waals surface area contributed by atoms with Crippen molar-refractivity contribution in [2.45, 2.75) is 66.0 Å². The summed E-state index contributed by atoms with van der Waals surface area (Å²) in [6, 6.07) is 7.16. The van der Waals surface area contributed by atoms with Crippen LogP contribution in [0.3, 0.4) is 0 Å². The average Bonchev–Trinajstić information content (AvgIpc) is 2.37. The highest BCUT2D eigenvalue weighted by atomic mass is 16.5. The molecule has 0 fully saturated rings. The second-order valence-electron chi connectivity index (χ2n) is 5.91. The molecule has 1 aromatic rings. The van der Waals surface area contributed by atoms with Gasteiger partial charge in [0, 0.05) is 12.6 Å². The van der Waals surface area contributed by atoms with E-state index in [4.69, 9.17) is 4.74 Å². The van der Waals surface area contributed by atoms with E-state index in [2.05, 4.69) is 65.1 Å². The number of nitrogens with one attached hydrogen (secondary N) is 1. The maximum absolute atomic E-state index is 6.06. The van der Waals surface area contributed by atoms with E-state index in [1.807, 2.05) is 0 Å². The van der Waals surface area contributed by atoms with Gasteiger partial charge in [-0.1, -0.05) is 43.2 Å². The minimum Gasteiger partial charge on any atom is -0.374 e. The van der Waals surface area contributed by atoms with Gasteiger partial charge in [-0.3, -0.25) is 0 Å². The SMILES string of the molecule is CCNC(Cc1cc(C)cc(C)c1)C(C)(CC)OCC. The number of benzene rings is 1. The second-order valence-corrected chi connectivity index (χ2v) is 5.91. The van der Waals surface area contributed by atoms with Crippen molar-refractivity contribution in [1.82, 2.24) is 5.32 Å². The van der Waals surface area contributed by atoms with E-state index in [0.29, 0.717) is 6.04 Å². The lowest BCUT2D eigenvalue weighted by molar-refractivity contribution is -0.0547. The maximum atomic E-state index is 6.06. The molecule has 0 aliphatic carbocycles. The molecule has 2 unspecified atom stereocenters. The molecule has 0 spiro atoms. The van der Waals surface area contributed by atoms with Gasteiger partial charge in [-0.2, -0.15) is 0 Å². The third-order valence-electron chi connectivity index (χ3n) is 4.09. The third kappa shape index (κ3) is 4.60. The summed E-state index contributed by atoms with van der Waals surface area (Å²) in [5, 5.41) is 3.62. The number of ether oxygens (including phenoxy) is 1. The molecule has 0 saturated carbocycles. The van der Waals surface area contributed by atoms with Crippen LogP contribution >= 0.6 is 0 Å². The Labute approximate surface area is 124 Å². The van der Waals surface area contributed by atoms with Gasteiger partial charge in [0.15, 0.2) is 0 Å². The molecule has 0 aliphatic rings. The monoisotopic (exact) mass is 277 g/mol. The first-order valence-corrected chi connectivity index (χ1v) is 7.89. The van der Waals surface area contributed by atoms with E-state index >= 15 is 0 Å². The van der Waals surface area contributed by atoms with Crippen molar-refractivity contribution in [3.63, 3.8) is 0 Å². The molecule has 1 rings (SSSR count). The van der Waals surface area contributed by atoms with Crippen molar-refractivity contribution in [2.75, 3.05) is 13.2 Å². The number of rotatable bonds is 8. The summed E-state index contributed by atoms with van der Waals surface area (Å²) in [6.07, 6.45) is 2.03. The largest absolute Gasteiger partial charge is 0.374 e. The molecule has 0 aliphatic heterocycles. The van der Waals surface area contributed by atoms with E-state index in [-0.39, 0.29) is 5.60 Å². The van der Waals surface area contributed by atoms with Gasteiger partial charge in [0.25, 0.3) is 0 Å². The molecular formula is C18H31NO. The molecule has 0 heterocycles. The van der Waals surface area contributed by atoms with Gasteiger partial charge in [0.05, 0.1) is 5.60 Å². The lowest BCUT2D eigenvalue weighted by Crippen LogP contribution is -2.51. The van der Waals surface area contributed by atoms with Crippen LogP contribution < -0.4 is 5.32 Å². The van der Waals surface area contributed by atoms with Crippen LogP contribution in [0, 0.1) is 13.8 Å². The molecule has 2 heteroatoms. The summed E-state index contributed by atoms with van der Waals surface area (Å²) in [6.45, 7) is 14.7. The standard InChI is InChI=1S/C18H31NO/c1-7-18(6,20-9-3)17(19-8-2)13-16-11-14(4)10-15(5)12-16/h10-12,17,19H,7-9,13H2,1-6H3. The Kier molecular flexibility index (Phi) is 6.70. The third-order valence-corrected chi connectivity index (χ3v) is 4.09. The zero-order valence-corrected chi connectivity index (χ0v) is 14.0. The second kappa shape index (κ2) is 7.80. The predicted molar refractivity (Wildman–Crippen MR) is 87.4 cm³/mol. The van der Waals surface area contributed by atoms with E-state index in [9.17, 15) is 0 Å². The number of aryl methyl sites for hydroxylation is 2. The van der Waals surface area contributed by atoms with Crippen LogP contribution in [0.1, 0.15) is 50.8 Å². The lowest BCUT2D eigenvalue weighted by Gasteiger charge is -2.37. The van der Waals surface area contributed by atoms with Crippen LogP contribution in [0.2, 0.25) is 0 Å². The van der Waals surface area contributed by atoms with Crippen LogP contribution in [0.15, 0.2) is 18.2 Å². The molecule has 0 saturated heterocycles. The number of likely N-dealkylation sites (N-methyl/N-ethyl adjacent to an activating group) is 1. The number of hydrogen-bond donors (Lipinski definition) is 1. The highest BCUT2D eigenvalue weighted by molar-refractivity contribution is 5.29. The first-order chi connectivity index (χ1) is 9.45. The van der Waals surface area contributed by atoms with Crippen molar-refractivity contribution in [3.05, 3.63) is 34.9 Å². The zero-order valence-electron chi connectivity index (χ0n) is 14.0. The lowest BCUT2D eigenvalue weighted by atomic mass is 9.87. The van der Waals surface area contributed by atoms with E-state index < -0.39 is 0 Å². The minimum absolute atomic E-state index is 0.109. The first-order valence-electron chi connectivity index (χ1n) is 7.89.